The summed E-state index contributed by atoms with van der Waals surface area (Å²) in [4.78, 5) is 41.4. The van der Waals surface area contributed by atoms with E-state index in [2.05, 4.69) is 26.3 Å². The standard InChI is InChI=1S/C18H30O4.2C4H6O2.C3H8O3/c1-15(2)17(19)21-13-11-9-7-5-6-8-10-12-14-22-18(20)16(3)4;2*1-3(2)4(5)6;4-1-3(6)2-5/h1,3,5-14H2,2,4H3;2*1H2,2H3,(H,5,6);3-6H,1-2H2. The van der Waals surface area contributed by atoms with E-state index in [0.717, 1.165) is 38.5 Å². The first-order valence-corrected chi connectivity index (χ1v) is 12.9. The van der Waals surface area contributed by atoms with Crippen LogP contribution in [0.1, 0.15) is 79.1 Å². The highest BCUT2D eigenvalue weighted by atomic mass is 16.5. The average Bonchev–Trinajstić information content (AvgIpc) is 2.89. The second-order valence-corrected chi connectivity index (χ2v) is 8.85. The number of esters is 2. The van der Waals surface area contributed by atoms with Gasteiger partial charge in [0.25, 0.3) is 0 Å². The van der Waals surface area contributed by atoms with Crippen molar-refractivity contribution in [3.63, 3.8) is 0 Å². The number of carbonyl (C=O) groups excluding carboxylic acids is 2. The molecule has 5 N–H and O–H groups in total. The molecule has 0 aliphatic heterocycles. The summed E-state index contributed by atoms with van der Waals surface area (Å²) in [5.41, 5.74) is 1.26. The predicted molar refractivity (Wildman–Crippen MR) is 154 cm³/mol. The Morgan fingerprint density at radius 2 is 0.775 bits per heavy atom. The Hall–Kier alpha value is -3.28. The summed E-state index contributed by atoms with van der Waals surface area (Å²) in [5, 5.41) is 39.8. The zero-order valence-corrected chi connectivity index (χ0v) is 24.6. The number of carboxylic acid groups (broad SMARTS) is 2. The molecule has 0 fully saturated rings. The third-order valence-corrected chi connectivity index (χ3v) is 4.35. The molecule has 0 atom stereocenters. The molecule has 0 rings (SSSR count). The van der Waals surface area contributed by atoms with Crippen molar-refractivity contribution in [3.05, 3.63) is 48.6 Å². The normalized spacial score (nSPS) is 9.30. The van der Waals surface area contributed by atoms with Crippen LogP contribution in [0.5, 0.6) is 0 Å². The fourth-order valence-corrected chi connectivity index (χ4v) is 1.90. The molecule has 0 saturated heterocycles. The molecule has 40 heavy (non-hydrogen) atoms. The highest BCUT2D eigenvalue weighted by Gasteiger charge is 2.03. The number of aliphatic hydroxyl groups excluding tert-OH is 3. The molecule has 0 amide bonds. The monoisotopic (exact) mass is 574 g/mol. The number of hydrogen-bond donors (Lipinski definition) is 5. The molecule has 0 unspecified atom stereocenters. The molecule has 0 aliphatic carbocycles. The van der Waals surface area contributed by atoms with Gasteiger partial charge in [-0.25, -0.2) is 19.2 Å². The number of carbonyl (C=O) groups is 4. The summed E-state index contributed by atoms with van der Waals surface area (Å²) in [6, 6.07) is 0. The molecule has 11 nitrogen and oxygen atoms in total. The Balaban J connectivity index is -0.000000289. The Labute approximate surface area is 238 Å². The van der Waals surface area contributed by atoms with Crippen molar-refractivity contribution < 1.29 is 54.2 Å². The second kappa shape index (κ2) is 30.3. The molecular weight excluding hydrogens is 524 g/mol. The number of ether oxygens (including phenoxy) is 2. The van der Waals surface area contributed by atoms with Gasteiger partial charge in [0, 0.05) is 22.3 Å². The molecule has 0 spiro atoms. The minimum Gasteiger partial charge on any atom is -0.478 e. The molecule has 0 aromatic heterocycles. The second-order valence-electron chi connectivity index (χ2n) is 8.85. The lowest BCUT2D eigenvalue weighted by Crippen LogP contribution is -2.15. The predicted octanol–water partition coefficient (Wildman–Crippen LogP) is 3.97. The number of rotatable bonds is 17. The van der Waals surface area contributed by atoms with E-state index in [-0.39, 0.29) is 36.3 Å². The van der Waals surface area contributed by atoms with Gasteiger partial charge in [0.15, 0.2) is 0 Å². The van der Waals surface area contributed by atoms with E-state index in [0.29, 0.717) is 24.4 Å². The topological polar surface area (TPSA) is 188 Å². The number of hydrogen-bond acceptors (Lipinski definition) is 9. The van der Waals surface area contributed by atoms with Crippen molar-refractivity contribution in [2.24, 2.45) is 0 Å². The molecule has 11 heteroatoms. The maximum absolute atomic E-state index is 11.1. The smallest absolute Gasteiger partial charge is 0.333 e. The molecule has 0 heterocycles. The number of carboxylic acids is 2. The van der Waals surface area contributed by atoms with Crippen LogP contribution in [-0.4, -0.2) is 81.9 Å². The number of unbranched alkanes of at least 4 members (excludes halogenated alkanes) is 7. The lowest BCUT2D eigenvalue weighted by molar-refractivity contribution is -0.139. The minimum absolute atomic E-state index is 0.176. The van der Waals surface area contributed by atoms with Crippen LogP contribution in [-0.2, 0) is 28.7 Å². The fraction of sp³-hybridized carbons (Fsp3) is 0.586. The molecule has 0 bridgehead atoms. The zero-order valence-electron chi connectivity index (χ0n) is 24.6. The molecular formula is C29H50O11. The van der Waals surface area contributed by atoms with Crippen molar-refractivity contribution >= 4 is 23.9 Å². The summed E-state index contributed by atoms with van der Waals surface area (Å²) in [5.74, 6) is -2.47. The van der Waals surface area contributed by atoms with E-state index in [1.807, 2.05) is 0 Å². The van der Waals surface area contributed by atoms with E-state index in [4.69, 9.17) is 35.0 Å². The Morgan fingerprint density at radius 3 is 0.925 bits per heavy atom. The first kappa shape index (κ1) is 43.8. The van der Waals surface area contributed by atoms with Gasteiger partial charge < -0.3 is 35.0 Å². The fourth-order valence-electron chi connectivity index (χ4n) is 1.90. The summed E-state index contributed by atoms with van der Waals surface area (Å²) >= 11 is 0. The van der Waals surface area contributed by atoms with Crippen LogP contribution in [0.3, 0.4) is 0 Å². The minimum atomic E-state index is -0.954. The Kier molecular flexibility index (Phi) is 33.1. The van der Waals surface area contributed by atoms with E-state index in [1.54, 1.807) is 13.8 Å². The van der Waals surface area contributed by atoms with Gasteiger partial charge >= 0.3 is 23.9 Å². The van der Waals surface area contributed by atoms with Crippen molar-refractivity contribution in [1.29, 1.82) is 0 Å². The maximum Gasteiger partial charge on any atom is 0.333 e. The molecule has 0 saturated carbocycles. The van der Waals surface area contributed by atoms with Gasteiger partial charge in [0.1, 0.15) is 6.10 Å². The van der Waals surface area contributed by atoms with Crippen molar-refractivity contribution in [2.45, 2.75) is 85.2 Å². The van der Waals surface area contributed by atoms with Crippen LogP contribution < -0.4 is 0 Å². The van der Waals surface area contributed by atoms with Crippen LogP contribution in [0.2, 0.25) is 0 Å². The van der Waals surface area contributed by atoms with E-state index >= 15 is 0 Å². The third kappa shape index (κ3) is 39.2. The lowest BCUT2D eigenvalue weighted by Gasteiger charge is -2.05. The van der Waals surface area contributed by atoms with Gasteiger partial charge in [-0.1, -0.05) is 64.8 Å². The summed E-state index contributed by atoms with van der Waals surface area (Å²) in [7, 11) is 0. The largest absolute Gasteiger partial charge is 0.478 e. The summed E-state index contributed by atoms with van der Waals surface area (Å²) in [6.07, 6.45) is 7.75. The quantitative estimate of drug-likeness (QED) is 0.0960. The van der Waals surface area contributed by atoms with Crippen LogP contribution in [0.15, 0.2) is 48.6 Å². The van der Waals surface area contributed by atoms with E-state index < -0.39 is 18.0 Å². The first-order chi connectivity index (χ1) is 18.5. The lowest BCUT2D eigenvalue weighted by atomic mass is 10.1. The van der Waals surface area contributed by atoms with Crippen molar-refractivity contribution in [1.82, 2.24) is 0 Å². The highest BCUT2D eigenvalue weighted by Crippen LogP contribution is 2.09. The summed E-state index contributed by atoms with van der Waals surface area (Å²) < 4.78 is 10.1. The van der Waals surface area contributed by atoms with Crippen LogP contribution in [0.4, 0.5) is 0 Å². The van der Waals surface area contributed by atoms with Crippen molar-refractivity contribution in [2.75, 3.05) is 26.4 Å². The van der Waals surface area contributed by atoms with E-state index in [9.17, 15) is 19.2 Å². The SMILES string of the molecule is C=C(C)C(=O)O.C=C(C)C(=O)O.C=C(C)C(=O)OCCCCCCCCCCOC(=O)C(=C)C.OCC(O)CO. The molecule has 0 radical (unpaired) electrons. The van der Waals surface area contributed by atoms with Gasteiger partial charge in [-0.2, -0.15) is 0 Å². The highest BCUT2D eigenvalue weighted by molar-refractivity contribution is 5.87. The number of aliphatic hydroxyl groups is 3. The van der Waals surface area contributed by atoms with Crippen LogP contribution in [0, 0.1) is 0 Å². The third-order valence-electron chi connectivity index (χ3n) is 4.35. The van der Waals surface area contributed by atoms with Gasteiger partial charge in [-0.3, -0.25) is 0 Å². The zero-order chi connectivity index (χ0) is 32.1. The van der Waals surface area contributed by atoms with Crippen LogP contribution in [0.25, 0.3) is 0 Å². The van der Waals surface area contributed by atoms with Gasteiger partial charge in [0.05, 0.1) is 26.4 Å². The van der Waals surface area contributed by atoms with E-state index in [1.165, 1.54) is 26.7 Å². The molecule has 232 valence electrons. The Bertz CT molecular complexity index is 697. The van der Waals surface area contributed by atoms with Crippen LogP contribution >= 0.6 is 0 Å². The molecule has 0 aromatic rings. The number of aliphatic carboxylic acids is 2. The first-order valence-electron chi connectivity index (χ1n) is 12.9. The summed E-state index contributed by atoms with van der Waals surface area (Å²) in [6.45, 7) is 19.8. The Morgan fingerprint density at radius 1 is 0.550 bits per heavy atom. The average molecular weight is 575 g/mol. The maximum atomic E-state index is 11.1. The van der Waals surface area contributed by atoms with Gasteiger partial charge in [-0.05, 0) is 40.5 Å². The van der Waals surface area contributed by atoms with Gasteiger partial charge in [0.2, 0.25) is 0 Å². The molecule has 0 aliphatic rings. The van der Waals surface area contributed by atoms with Crippen molar-refractivity contribution in [3.8, 4) is 0 Å². The van der Waals surface area contributed by atoms with Gasteiger partial charge in [-0.15, -0.1) is 0 Å². The molecule has 0 aromatic carbocycles.